The number of amides is 1. The molecule has 0 aliphatic rings. The van der Waals surface area contributed by atoms with Crippen LogP contribution >= 0.6 is 11.3 Å². The number of nitrogens with zero attached hydrogens (tertiary/aromatic N) is 1. The summed E-state index contributed by atoms with van der Waals surface area (Å²) < 4.78 is 0. The number of nitrogens with one attached hydrogen (secondary N) is 3. The molecule has 28 heavy (non-hydrogen) atoms. The molecule has 4 aromatic rings. The van der Waals surface area contributed by atoms with E-state index in [-0.39, 0.29) is 5.91 Å². The lowest BCUT2D eigenvalue weighted by atomic mass is 10.1. The quantitative estimate of drug-likeness (QED) is 0.465. The van der Waals surface area contributed by atoms with E-state index in [1.807, 2.05) is 24.4 Å². The molecule has 3 N–H and O–H groups in total. The van der Waals surface area contributed by atoms with Gasteiger partial charge in [-0.25, -0.2) is 4.98 Å². The van der Waals surface area contributed by atoms with Gasteiger partial charge in [-0.2, -0.15) is 0 Å². The van der Waals surface area contributed by atoms with E-state index >= 15 is 0 Å². The van der Waals surface area contributed by atoms with Gasteiger partial charge in [-0.05, 0) is 49.2 Å². The van der Waals surface area contributed by atoms with Gasteiger partial charge in [0.15, 0.2) is 5.13 Å². The standard InChI is InChI=1S/C20H16N4O3S/c1-10-3-4-12(7-11(10)2)16-9-28-20(23-16)24-17(25)13-5-6-14-15(8-13)22-19(27)18(26)21-14/h3-9H,1-2H3,(H,21,26)(H,22,27)(H,23,24,25). The van der Waals surface area contributed by atoms with Crippen LogP contribution in [0.4, 0.5) is 5.13 Å². The second kappa shape index (κ2) is 6.90. The third kappa shape index (κ3) is 3.37. The van der Waals surface area contributed by atoms with Crippen molar-refractivity contribution in [3.63, 3.8) is 0 Å². The van der Waals surface area contributed by atoms with E-state index in [9.17, 15) is 14.4 Å². The number of carbonyl (C=O) groups is 1. The monoisotopic (exact) mass is 392 g/mol. The fraction of sp³-hybridized carbons (Fsp3) is 0.100. The van der Waals surface area contributed by atoms with E-state index in [0.29, 0.717) is 21.7 Å². The Bertz CT molecular complexity index is 1330. The normalized spacial score (nSPS) is 10.9. The lowest BCUT2D eigenvalue weighted by molar-refractivity contribution is 0.102. The SMILES string of the molecule is Cc1ccc(-c2csc(NC(=O)c3ccc4[nH]c(=O)c(=O)[nH]c4c3)n2)cc1C. The van der Waals surface area contributed by atoms with Crippen LogP contribution in [0.25, 0.3) is 22.3 Å². The van der Waals surface area contributed by atoms with Crippen LogP contribution in [-0.2, 0) is 0 Å². The van der Waals surface area contributed by atoms with Crippen LogP contribution in [0.1, 0.15) is 21.5 Å². The highest BCUT2D eigenvalue weighted by Crippen LogP contribution is 2.26. The molecule has 2 heterocycles. The Morgan fingerprint density at radius 1 is 0.964 bits per heavy atom. The van der Waals surface area contributed by atoms with Gasteiger partial charge in [-0.15, -0.1) is 11.3 Å². The molecule has 7 nitrogen and oxygen atoms in total. The van der Waals surface area contributed by atoms with E-state index in [2.05, 4.69) is 33.3 Å². The average Bonchev–Trinajstić information content (AvgIpc) is 3.13. The predicted molar refractivity (Wildman–Crippen MR) is 110 cm³/mol. The van der Waals surface area contributed by atoms with E-state index in [1.54, 1.807) is 12.1 Å². The zero-order valence-electron chi connectivity index (χ0n) is 15.1. The summed E-state index contributed by atoms with van der Waals surface area (Å²) in [7, 11) is 0. The molecule has 0 aliphatic heterocycles. The predicted octanol–water partition coefficient (Wildman–Crippen LogP) is 3.21. The number of H-pyrrole nitrogens is 2. The highest BCUT2D eigenvalue weighted by molar-refractivity contribution is 7.14. The molecule has 1 amide bonds. The van der Waals surface area contributed by atoms with Crippen molar-refractivity contribution in [1.82, 2.24) is 15.0 Å². The summed E-state index contributed by atoms with van der Waals surface area (Å²) in [4.78, 5) is 44.8. The summed E-state index contributed by atoms with van der Waals surface area (Å²) in [5.74, 6) is -0.352. The van der Waals surface area contributed by atoms with Crippen LogP contribution in [0.3, 0.4) is 0 Å². The van der Waals surface area contributed by atoms with Crippen LogP contribution < -0.4 is 16.4 Å². The van der Waals surface area contributed by atoms with Crippen LogP contribution in [0.15, 0.2) is 51.4 Å². The van der Waals surface area contributed by atoms with Crippen molar-refractivity contribution < 1.29 is 4.79 Å². The maximum Gasteiger partial charge on any atom is 0.314 e. The summed E-state index contributed by atoms with van der Waals surface area (Å²) in [5.41, 5.74) is 3.87. The first kappa shape index (κ1) is 17.9. The lowest BCUT2D eigenvalue weighted by Gasteiger charge is -2.04. The summed E-state index contributed by atoms with van der Waals surface area (Å²) in [6.07, 6.45) is 0. The average molecular weight is 392 g/mol. The first-order valence-corrected chi connectivity index (χ1v) is 9.39. The van der Waals surface area contributed by atoms with E-state index in [4.69, 9.17) is 0 Å². The van der Waals surface area contributed by atoms with Crippen LogP contribution in [-0.4, -0.2) is 20.9 Å². The molecule has 0 spiro atoms. The molecule has 0 saturated heterocycles. The van der Waals surface area contributed by atoms with Crippen molar-refractivity contribution in [2.45, 2.75) is 13.8 Å². The Morgan fingerprint density at radius 3 is 2.46 bits per heavy atom. The van der Waals surface area contributed by atoms with Crippen molar-refractivity contribution in [2.24, 2.45) is 0 Å². The second-order valence-corrected chi connectivity index (χ2v) is 7.32. The molecule has 2 aromatic carbocycles. The number of aromatic nitrogens is 3. The minimum atomic E-state index is -0.761. The third-order valence-corrected chi connectivity index (χ3v) is 5.27. The van der Waals surface area contributed by atoms with Gasteiger partial charge in [0.05, 0.1) is 16.7 Å². The van der Waals surface area contributed by atoms with Crippen molar-refractivity contribution in [2.75, 3.05) is 5.32 Å². The summed E-state index contributed by atoms with van der Waals surface area (Å²) >= 11 is 1.34. The minimum Gasteiger partial charge on any atom is -0.316 e. The van der Waals surface area contributed by atoms with Gasteiger partial charge in [-0.3, -0.25) is 19.7 Å². The van der Waals surface area contributed by atoms with Crippen LogP contribution in [0, 0.1) is 13.8 Å². The molecule has 2 aromatic heterocycles. The van der Waals surface area contributed by atoms with Crippen molar-refractivity contribution in [1.29, 1.82) is 0 Å². The Labute approximate surface area is 163 Å². The Balaban J connectivity index is 1.58. The Kier molecular flexibility index (Phi) is 4.40. The van der Waals surface area contributed by atoms with Gasteiger partial charge in [-0.1, -0.05) is 12.1 Å². The molecular formula is C20H16N4O3S. The largest absolute Gasteiger partial charge is 0.316 e. The van der Waals surface area contributed by atoms with Gasteiger partial charge in [0.2, 0.25) is 0 Å². The molecule has 0 radical (unpaired) electrons. The number of carbonyl (C=O) groups excluding carboxylic acids is 1. The van der Waals surface area contributed by atoms with E-state index in [0.717, 1.165) is 11.3 Å². The molecular weight excluding hydrogens is 376 g/mol. The third-order valence-electron chi connectivity index (χ3n) is 4.51. The first-order valence-electron chi connectivity index (χ1n) is 8.51. The number of hydrogen-bond donors (Lipinski definition) is 3. The van der Waals surface area contributed by atoms with E-state index < -0.39 is 11.1 Å². The number of thiazole rings is 1. The zero-order chi connectivity index (χ0) is 19.8. The number of hydrogen-bond acceptors (Lipinski definition) is 5. The molecule has 8 heteroatoms. The Hall–Kier alpha value is -3.52. The van der Waals surface area contributed by atoms with Crippen molar-refractivity contribution in [3.05, 3.63) is 79.2 Å². The topological polar surface area (TPSA) is 108 Å². The smallest absolute Gasteiger partial charge is 0.314 e. The number of fused-ring (bicyclic) bond motifs is 1. The molecule has 0 bridgehead atoms. The maximum absolute atomic E-state index is 12.5. The maximum atomic E-state index is 12.5. The second-order valence-electron chi connectivity index (χ2n) is 6.46. The number of benzene rings is 2. The molecule has 0 aliphatic carbocycles. The van der Waals surface area contributed by atoms with Gasteiger partial charge < -0.3 is 9.97 Å². The number of rotatable bonds is 3. The zero-order valence-corrected chi connectivity index (χ0v) is 15.9. The summed E-state index contributed by atoms with van der Waals surface area (Å²) in [6, 6.07) is 10.8. The number of anilines is 1. The van der Waals surface area contributed by atoms with Gasteiger partial charge in [0.25, 0.3) is 5.91 Å². The molecule has 0 saturated carbocycles. The fourth-order valence-electron chi connectivity index (χ4n) is 2.79. The minimum absolute atomic E-state index is 0.345. The fourth-order valence-corrected chi connectivity index (χ4v) is 3.50. The number of aromatic amines is 2. The number of aryl methyl sites for hydroxylation is 2. The summed E-state index contributed by atoms with van der Waals surface area (Å²) in [6.45, 7) is 4.10. The molecule has 0 atom stereocenters. The van der Waals surface area contributed by atoms with E-state index in [1.165, 1.54) is 28.5 Å². The van der Waals surface area contributed by atoms with Gasteiger partial charge in [0.1, 0.15) is 0 Å². The van der Waals surface area contributed by atoms with Crippen LogP contribution in [0.5, 0.6) is 0 Å². The lowest BCUT2D eigenvalue weighted by Crippen LogP contribution is -2.29. The Morgan fingerprint density at radius 2 is 1.71 bits per heavy atom. The van der Waals surface area contributed by atoms with Crippen molar-refractivity contribution in [3.8, 4) is 11.3 Å². The van der Waals surface area contributed by atoms with Crippen molar-refractivity contribution >= 4 is 33.4 Å². The molecule has 140 valence electrons. The molecule has 4 rings (SSSR count). The van der Waals surface area contributed by atoms with Gasteiger partial charge >= 0.3 is 11.1 Å². The highest BCUT2D eigenvalue weighted by atomic mass is 32.1. The van der Waals surface area contributed by atoms with Crippen LogP contribution in [0.2, 0.25) is 0 Å². The van der Waals surface area contributed by atoms with Gasteiger partial charge in [0, 0.05) is 16.5 Å². The first-order chi connectivity index (χ1) is 13.4. The highest BCUT2D eigenvalue weighted by Gasteiger charge is 2.12. The molecule has 0 fully saturated rings. The summed E-state index contributed by atoms with van der Waals surface area (Å²) in [5, 5.41) is 5.14. The molecule has 0 unspecified atom stereocenters.